The van der Waals surface area contributed by atoms with E-state index in [1.165, 1.54) is 19.2 Å². The summed E-state index contributed by atoms with van der Waals surface area (Å²) >= 11 is 0. The van der Waals surface area contributed by atoms with Gasteiger partial charge in [-0.2, -0.15) is 18.3 Å². The minimum absolute atomic E-state index is 0.0706. The molecule has 8 nitrogen and oxygen atoms in total. The number of rotatable bonds is 12. The third-order valence-corrected chi connectivity index (χ3v) is 7.87. The Balaban J connectivity index is 1.57. The highest BCUT2D eigenvalue weighted by atomic mass is 19.4. The summed E-state index contributed by atoms with van der Waals surface area (Å²) in [6.45, 7) is 5.47. The van der Waals surface area contributed by atoms with Gasteiger partial charge in [-0.05, 0) is 100.0 Å². The molecule has 2 fully saturated rings. The summed E-state index contributed by atoms with van der Waals surface area (Å²) in [5, 5.41) is 11.6. The van der Waals surface area contributed by atoms with Crippen LogP contribution in [0.2, 0.25) is 0 Å². The average molecular weight is 580 g/mol. The van der Waals surface area contributed by atoms with Crippen LogP contribution in [0, 0.1) is 23.6 Å². The number of aromatic nitrogens is 2. The number of hydrogen-bond acceptors (Lipinski definition) is 4. The van der Waals surface area contributed by atoms with Crippen LogP contribution in [0.25, 0.3) is 0 Å². The van der Waals surface area contributed by atoms with E-state index in [-0.39, 0.29) is 23.2 Å². The SMILES string of the molecule is CCc1cc(NC(=O)C(NC(=O)c2ccnn2C(C)C)C(C2CC2)C2CC2)c(F)cc1[C@@H](C)C(=O)NCC(F)(F)F. The van der Waals surface area contributed by atoms with E-state index in [1.807, 2.05) is 19.2 Å². The molecule has 2 saturated carbocycles. The first-order valence-electron chi connectivity index (χ1n) is 14.1. The molecular weight excluding hydrogens is 542 g/mol. The Hall–Kier alpha value is -3.44. The van der Waals surface area contributed by atoms with E-state index < -0.39 is 48.2 Å². The Morgan fingerprint density at radius 2 is 1.68 bits per heavy atom. The molecule has 224 valence electrons. The van der Waals surface area contributed by atoms with Gasteiger partial charge in [0, 0.05) is 12.2 Å². The molecule has 0 spiro atoms. The lowest BCUT2D eigenvalue weighted by molar-refractivity contribution is -0.139. The molecule has 2 atom stereocenters. The molecule has 1 unspecified atom stereocenters. The molecule has 1 aromatic heterocycles. The zero-order valence-corrected chi connectivity index (χ0v) is 23.6. The Kier molecular flexibility index (Phi) is 9.08. The molecule has 2 aliphatic carbocycles. The number of benzene rings is 1. The second kappa shape index (κ2) is 12.2. The molecule has 0 bridgehead atoms. The predicted molar refractivity (Wildman–Crippen MR) is 145 cm³/mol. The molecule has 2 aromatic rings. The van der Waals surface area contributed by atoms with Crippen molar-refractivity contribution in [2.24, 2.45) is 17.8 Å². The number of nitrogens with one attached hydrogen (secondary N) is 3. The number of carbonyl (C=O) groups excluding carboxylic acids is 3. The molecule has 4 rings (SSSR count). The van der Waals surface area contributed by atoms with Crippen LogP contribution < -0.4 is 16.0 Å². The number of halogens is 4. The molecule has 1 aromatic carbocycles. The third kappa shape index (κ3) is 7.45. The highest BCUT2D eigenvalue weighted by Crippen LogP contribution is 2.51. The monoisotopic (exact) mass is 579 g/mol. The van der Waals surface area contributed by atoms with Gasteiger partial charge in [-0.1, -0.05) is 6.92 Å². The summed E-state index contributed by atoms with van der Waals surface area (Å²) in [5.41, 5.74) is 0.960. The molecule has 0 saturated heterocycles. The number of hydrogen-bond donors (Lipinski definition) is 3. The normalized spacial score (nSPS) is 16.9. The van der Waals surface area contributed by atoms with Gasteiger partial charge < -0.3 is 16.0 Å². The van der Waals surface area contributed by atoms with Crippen molar-refractivity contribution < 1.29 is 31.9 Å². The molecule has 0 aliphatic heterocycles. The van der Waals surface area contributed by atoms with Crippen molar-refractivity contribution in [3.8, 4) is 0 Å². The molecule has 3 amide bonds. The third-order valence-electron chi connectivity index (χ3n) is 7.87. The van der Waals surface area contributed by atoms with Crippen molar-refractivity contribution in [1.29, 1.82) is 0 Å². The zero-order chi connectivity index (χ0) is 30.1. The summed E-state index contributed by atoms with van der Waals surface area (Å²) < 4.78 is 54.6. The fourth-order valence-corrected chi connectivity index (χ4v) is 5.48. The van der Waals surface area contributed by atoms with Crippen molar-refractivity contribution in [2.45, 2.75) is 84.0 Å². The quantitative estimate of drug-likeness (QED) is 0.304. The van der Waals surface area contributed by atoms with Crippen LogP contribution in [-0.4, -0.2) is 46.3 Å². The molecule has 12 heteroatoms. The molecule has 1 heterocycles. The number of alkyl halides is 3. The van der Waals surface area contributed by atoms with Gasteiger partial charge in [-0.3, -0.25) is 19.1 Å². The Labute approximate surface area is 236 Å². The number of amides is 3. The second-order valence-corrected chi connectivity index (χ2v) is 11.4. The largest absolute Gasteiger partial charge is 0.405 e. The van der Waals surface area contributed by atoms with Gasteiger partial charge in [0.25, 0.3) is 5.91 Å². The van der Waals surface area contributed by atoms with Crippen LogP contribution in [0.1, 0.15) is 87.0 Å². The van der Waals surface area contributed by atoms with Gasteiger partial charge in [-0.15, -0.1) is 0 Å². The van der Waals surface area contributed by atoms with Gasteiger partial charge in [0.15, 0.2) is 0 Å². The van der Waals surface area contributed by atoms with Gasteiger partial charge in [0.05, 0.1) is 11.6 Å². The minimum Gasteiger partial charge on any atom is -0.346 e. The molecular formula is C29H37F4N5O3. The molecule has 0 radical (unpaired) electrons. The van der Waals surface area contributed by atoms with E-state index in [2.05, 4.69) is 15.7 Å². The van der Waals surface area contributed by atoms with Crippen molar-refractivity contribution >= 4 is 23.4 Å². The van der Waals surface area contributed by atoms with Gasteiger partial charge in [-0.25, -0.2) is 4.39 Å². The average Bonchev–Trinajstić information content (AvgIpc) is 3.86. The fraction of sp³-hybridized carbons (Fsp3) is 0.586. The first-order chi connectivity index (χ1) is 19.3. The number of carbonyl (C=O) groups is 3. The Morgan fingerprint density at radius 3 is 2.22 bits per heavy atom. The maximum atomic E-state index is 15.3. The summed E-state index contributed by atoms with van der Waals surface area (Å²) in [6, 6.07) is 3.12. The van der Waals surface area contributed by atoms with Crippen LogP contribution in [0.15, 0.2) is 24.4 Å². The zero-order valence-electron chi connectivity index (χ0n) is 23.6. The highest BCUT2D eigenvalue weighted by molar-refractivity contribution is 6.01. The van der Waals surface area contributed by atoms with Crippen molar-refractivity contribution in [3.05, 3.63) is 47.0 Å². The molecule has 41 heavy (non-hydrogen) atoms. The Bertz CT molecular complexity index is 1270. The lowest BCUT2D eigenvalue weighted by Gasteiger charge is -2.28. The number of anilines is 1. The maximum Gasteiger partial charge on any atom is 0.405 e. The maximum absolute atomic E-state index is 15.3. The van der Waals surface area contributed by atoms with Gasteiger partial charge in [0.1, 0.15) is 24.1 Å². The van der Waals surface area contributed by atoms with E-state index >= 15 is 4.39 Å². The standard InChI is InChI=1S/C29H37F4N5O3/c1-5-17-12-22(21(30)13-20(17)16(4)26(39)34-14-29(31,32)33)36-28(41)25(24(18-6-7-18)19-8-9-19)37-27(40)23-10-11-35-38(23)15(2)3/h10-13,15-16,18-19,24-25H,5-9,14H2,1-4H3,(H,34,39)(H,36,41)(H,37,40)/t16-,25?/m1/s1. The van der Waals surface area contributed by atoms with Crippen molar-refractivity contribution in [1.82, 2.24) is 20.4 Å². The van der Waals surface area contributed by atoms with Crippen LogP contribution >= 0.6 is 0 Å². The topological polar surface area (TPSA) is 105 Å². The number of nitrogens with zero attached hydrogens (tertiary/aromatic N) is 2. The van der Waals surface area contributed by atoms with Gasteiger partial charge >= 0.3 is 6.18 Å². The minimum atomic E-state index is -4.57. The van der Waals surface area contributed by atoms with E-state index in [4.69, 9.17) is 0 Å². The first kappa shape index (κ1) is 30.5. The summed E-state index contributed by atoms with van der Waals surface area (Å²) in [5.74, 6) is -3.22. The van der Waals surface area contributed by atoms with Crippen LogP contribution in [0.5, 0.6) is 0 Å². The predicted octanol–water partition coefficient (Wildman–Crippen LogP) is 5.12. The summed E-state index contributed by atoms with van der Waals surface area (Å²) in [4.78, 5) is 39.4. The second-order valence-electron chi connectivity index (χ2n) is 11.4. The summed E-state index contributed by atoms with van der Waals surface area (Å²) in [7, 11) is 0. The van der Waals surface area contributed by atoms with Crippen LogP contribution in [0.3, 0.4) is 0 Å². The Morgan fingerprint density at radius 1 is 1.05 bits per heavy atom. The van der Waals surface area contributed by atoms with Crippen molar-refractivity contribution in [2.75, 3.05) is 11.9 Å². The smallest absolute Gasteiger partial charge is 0.346 e. The molecule has 3 N–H and O–H groups in total. The molecule has 2 aliphatic rings. The number of aryl methyl sites for hydroxylation is 1. The lowest BCUT2D eigenvalue weighted by Crippen LogP contribution is -2.50. The first-order valence-corrected chi connectivity index (χ1v) is 14.1. The summed E-state index contributed by atoms with van der Waals surface area (Å²) in [6.07, 6.45) is 1.15. The van der Waals surface area contributed by atoms with E-state index in [9.17, 15) is 27.6 Å². The van der Waals surface area contributed by atoms with Crippen LogP contribution in [-0.2, 0) is 16.0 Å². The van der Waals surface area contributed by atoms with E-state index in [0.717, 1.165) is 31.7 Å². The van der Waals surface area contributed by atoms with Crippen molar-refractivity contribution in [3.63, 3.8) is 0 Å². The lowest BCUT2D eigenvalue weighted by atomic mass is 9.88. The van der Waals surface area contributed by atoms with E-state index in [1.54, 1.807) is 17.7 Å². The fourth-order valence-electron chi connectivity index (χ4n) is 5.48. The highest BCUT2D eigenvalue weighted by Gasteiger charge is 2.48. The van der Waals surface area contributed by atoms with Crippen LogP contribution in [0.4, 0.5) is 23.2 Å². The van der Waals surface area contributed by atoms with Gasteiger partial charge in [0.2, 0.25) is 11.8 Å². The van der Waals surface area contributed by atoms with E-state index in [0.29, 0.717) is 29.5 Å².